The number of carbonyl (C=O) groups excluding carboxylic acids is 2. The van der Waals surface area contributed by atoms with E-state index in [1.54, 1.807) is 0 Å². The molecule has 0 aliphatic carbocycles. The van der Waals surface area contributed by atoms with Gasteiger partial charge in [0.05, 0.1) is 22.2 Å². The molecule has 26 heavy (non-hydrogen) atoms. The molecule has 5 aromatic rings. The van der Waals surface area contributed by atoms with Gasteiger partial charge in [-0.3, -0.25) is 14.9 Å². The third kappa shape index (κ3) is 1.54. The maximum atomic E-state index is 12.6. The van der Waals surface area contributed by atoms with E-state index >= 15 is 0 Å². The van der Waals surface area contributed by atoms with Crippen molar-refractivity contribution < 1.29 is 15.1 Å². The number of aromatic amines is 2. The van der Waals surface area contributed by atoms with Crippen LogP contribution in [0.1, 0.15) is 20.7 Å². The lowest BCUT2D eigenvalue weighted by molar-refractivity contribution is 0.0880. The molecule has 0 unspecified atom stereocenters. The van der Waals surface area contributed by atoms with Gasteiger partial charge >= 0.3 is 0 Å². The van der Waals surface area contributed by atoms with Gasteiger partial charge in [0.2, 0.25) is 0 Å². The van der Waals surface area contributed by atoms with Crippen molar-refractivity contribution in [3.05, 3.63) is 59.7 Å². The SMILES string of the molecule is O.O=C1NC(=O)c2c1c1c3ccccc3[nH]c1c1[nH]c3ccccc3c21. The minimum Gasteiger partial charge on any atom is -0.412 e. The number of nitrogens with one attached hydrogen (secondary N) is 3. The number of aromatic nitrogens is 2. The highest BCUT2D eigenvalue weighted by Gasteiger charge is 2.34. The first-order valence-corrected chi connectivity index (χ1v) is 8.06. The number of benzene rings is 3. The van der Waals surface area contributed by atoms with E-state index in [-0.39, 0.29) is 17.3 Å². The van der Waals surface area contributed by atoms with Crippen LogP contribution in [-0.4, -0.2) is 27.3 Å². The van der Waals surface area contributed by atoms with Crippen LogP contribution in [-0.2, 0) is 0 Å². The van der Waals surface area contributed by atoms with Gasteiger partial charge in [-0.2, -0.15) is 0 Å². The Hall–Kier alpha value is -3.64. The Bertz CT molecular complexity index is 1300. The topological polar surface area (TPSA) is 109 Å². The Morgan fingerprint density at radius 1 is 0.615 bits per heavy atom. The van der Waals surface area contributed by atoms with Crippen molar-refractivity contribution in [3.63, 3.8) is 0 Å². The molecule has 6 rings (SSSR count). The largest absolute Gasteiger partial charge is 0.412 e. The normalized spacial score (nSPS) is 13.5. The van der Waals surface area contributed by atoms with Crippen molar-refractivity contribution in [1.82, 2.24) is 15.3 Å². The lowest BCUT2D eigenvalue weighted by Crippen LogP contribution is -2.20. The summed E-state index contributed by atoms with van der Waals surface area (Å²) in [6, 6.07) is 15.7. The second kappa shape index (κ2) is 4.71. The van der Waals surface area contributed by atoms with Crippen LogP contribution in [0.4, 0.5) is 0 Å². The average molecular weight is 343 g/mol. The summed E-state index contributed by atoms with van der Waals surface area (Å²) in [7, 11) is 0. The van der Waals surface area contributed by atoms with Gasteiger partial charge in [-0.1, -0.05) is 36.4 Å². The fourth-order valence-corrected chi connectivity index (χ4v) is 4.11. The molecule has 2 amide bonds. The van der Waals surface area contributed by atoms with E-state index in [0.29, 0.717) is 11.1 Å². The molecule has 3 heterocycles. The number of para-hydroxylation sites is 2. The molecule has 0 atom stereocenters. The van der Waals surface area contributed by atoms with E-state index < -0.39 is 0 Å². The molecule has 6 heteroatoms. The van der Waals surface area contributed by atoms with E-state index in [1.807, 2.05) is 48.5 Å². The highest BCUT2D eigenvalue weighted by Crippen LogP contribution is 2.41. The summed E-state index contributed by atoms with van der Waals surface area (Å²) in [4.78, 5) is 32.0. The van der Waals surface area contributed by atoms with E-state index in [1.165, 1.54) is 0 Å². The van der Waals surface area contributed by atoms with Gasteiger partial charge in [-0.05, 0) is 12.1 Å². The Morgan fingerprint density at radius 3 is 1.50 bits per heavy atom. The van der Waals surface area contributed by atoms with Crippen LogP contribution < -0.4 is 5.32 Å². The number of carbonyl (C=O) groups is 2. The number of rotatable bonds is 0. The van der Waals surface area contributed by atoms with Gasteiger partial charge in [-0.15, -0.1) is 0 Å². The van der Waals surface area contributed by atoms with Crippen LogP contribution in [0.15, 0.2) is 48.5 Å². The quantitative estimate of drug-likeness (QED) is 0.376. The lowest BCUT2D eigenvalue weighted by Gasteiger charge is -2.02. The smallest absolute Gasteiger partial charge is 0.259 e. The minimum absolute atomic E-state index is 0. The molecule has 0 saturated carbocycles. The molecule has 3 aromatic carbocycles. The summed E-state index contributed by atoms with van der Waals surface area (Å²) >= 11 is 0. The maximum Gasteiger partial charge on any atom is 0.259 e. The van der Waals surface area contributed by atoms with Crippen LogP contribution >= 0.6 is 0 Å². The fourth-order valence-electron chi connectivity index (χ4n) is 4.11. The molecule has 0 spiro atoms. The number of hydrogen-bond acceptors (Lipinski definition) is 2. The van der Waals surface area contributed by atoms with E-state index in [0.717, 1.165) is 43.6 Å². The van der Waals surface area contributed by atoms with Gasteiger partial charge < -0.3 is 15.4 Å². The third-order valence-corrected chi connectivity index (χ3v) is 5.09. The van der Waals surface area contributed by atoms with Crippen LogP contribution in [0.5, 0.6) is 0 Å². The molecular formula is C20H13N3O3. The van der Waals surface area contributed by atoms with Crippen molar-refractivity contribution in [1.29, 1.82) is 0 Å². The summed E-state index contributed by atoms with van der Waals surface area (Å²) in [6.45, 7) is 0. The highest BCUT2D eigenvalue weighted by atomic mass is 16.2. The van der Waals surface area contributed by atoms with Crippen LogP contribution in [0, 0.1) is 0 Å². The first kappa shape index (κ1) is 14.7. The summed E-state index contributed by atoms with van der Waals surface area (Å²) in [5, 5.41) is 5.96. The monoisotopic (exact) mass is 343 g/mol. The Balaban J connectivity index is 0.00000150. The van der Waals surface area contributed by atoms with Gasteiger partial charge in [-0.25, -0.2) is 0 Å². The van der Waals surface area contributed by atoms with Gasteiger partial charge in [0.25, 0.3) is 11.8 Å². The zero-order valence-corrected chi connectivity index (χ0v) is 13.4. The number of H-pyrrole nitrogens is 2. The molecule has 5 N–H and O–H groups in total. The maximum absolute atomic E-state index is 12.6. The van der Waals surface area contributed by atoms with Crippen LogP contribution in [0.2, 0.25) is 0 Å². The molecule has 0 bridgehead atoms. The first-order chi connectivity index (χ1) is 12.2. The van der Waals surface area contributed by atoms with Crippen molar-refractivity contribution >= 4 is 55.4 Å². The standard InChI is InChI=1S/C20H11N3O2.H2O/c24-19-15-13-9-5-1-3-7-11(9)21-17(13)18-14(16(15)20(25)23-19)10-6-2-4-8-12(10)22-18;/h1-8,21-22H,(H,23,24,25);1H2. The molecule has 1 aliphatic rings. The first-order valence-electron chi connectivity index (χ1n) is 8.06. The van der Waals surface area contributed by atoms with Crippen molar-refractivity contribution in [2.24, 2.45) is 0 Å². The summed E-state index contributed by atoms with van der Waals surface area (Å²) in [5.41, 5.74) is 4.53. The van der Waals surface area contributed by atoms with Crippen molar-refractivity contribution in [2.45, 2.75) is 0 Å². The van der Waals surface area contributed by atoms with Gasteiger partial charge in [0.1, 0.15) is 0 Å². The zero-order valence-electron chi connectivity index (χ0n) is 13.4. The van der Waals surface area contributed by atoms with Gasteiger partial charge in [0.15, 0.2) is 0 Å². The predicted octanol–water partition coefficient (Wildman–Crippen LogP) is 3.01. The third-order valence-electron chi connectivity index (χ3n) is 5.09. The fraction of sp³-hybridized carbons (Fsp3) is 0. The Morgan fingerprint density at radius 2 is 1.04 bits per heavy atom. The number of fused-ring (bicyclic) bond motifs is 10. The second-order valence-electron chi connectivity index (χ2n) is 6.37. The Kier molecular flexibility index (Phi) is 2.66. The lowest BCUT2D eigenvalue weighted by atomic mass is 9.97. The second-order valence-corrected chi connectivity index (χ2v) is 6.37. The molecule has 126 valence electrons. The summed E-state index contributed by atoms with van der Waals surface area (Å²) in [6.07, 6.45) is 0. The van der Waals surface area contributed by atoms with Crippen LogP contribution in [0.3, 0.4) is 0 Å². The number of imide groups is 1. The molecule has 0 saturated heterocycles. The number of amides is 2. The highest BCUT2D eigenvalue weighted by molar-refractivity contribution is 6.39. The van der Waals surface area contributed by atoms with E-state index in [2.05, 4.69) is 15.3 Å². The molecule has 6 nitrogen and oxygen atoms in total. The average Bonchev–Trinajstić information content (AvgIpc) is 3.26. The van der Waals surface area contributed by atoms with Gasteiger partial charge in [0, 0.05) is 32.6 Å². The minimum atomic E-state index is -0.332. The predicted molar refractivity (Wildman–Crippen MR) is 101 cm³/mol. The molecular weight excluding hydrogens is 330 g/mol. The summed E-state index contributed by atoms with van der Waals surface area (Å²) < 4.78 is 0. The summed E-state index contributed by atoms with van der Waals surface area (Å²) in [5.74, 6) is -0.663. The molecule has 0 fully saturated rings. The van der Waals surface area contributed by atoms with Crippen molar-refractivity contribution in [3.8, 4) is 0 Å². The van der Waals surface area contributed by atoms with E-state index in [9.17, 15) is 9.59 Å². The Labute approximate surface area is 146 Å². The molecule has 0 radical (unpaired) electrons. The van der Waals surface area contributed by atoms with E-state index in [4.69, 9.17) is 0 Å². The van der Waals surface area contributed by atoms with Crippen LogP contribution in [0.25, 0.3) is 43.6 Å². The molecule has 2 aromatic heterocycles. The zero-order chi connectivity index (χ0) is 16.7. The number of hydrogen-bond donors (Lipinski definition) is 3. The molecule has 1 aliphatic heterocycles. The van der Waals surface area contributed by atoms with Crippen molar-refractivity contribution in [2.75, 3.05) is 0 Å².